The molecule has 0 atom stereocenters. The highest BCUT2D eigenvalue weighted by molar-refractivity contribution is 7.80. The maximum atomic E-state index is 13.3. The van der Waals surface area contributed by atoms with Crippen LogP contribution in [0.2, 0.25) is 15.1 Å². The summed E-state index contributed by atoms with van der Waals surface area (Å²) < 4.78 is 11.3. The third-order valence-corrected chi connectivity index (χ3v) is 6.56. The van der Waals surface area contributed by atoms with Crippen molar-refractivity contribution in [3.63, 3.8) is 0 Å². The van der Waals surface area contributed by atoms with Crippen molar-refractivity contribution < 1.29 is 29.0 Å². The first-order valence-electron chi connectivity index (χ1n) is 10.8. The highest BCUT2D eigenvalue weighted by Crippen LogP contribution is 2.38. The molecule has 0 radical (unpaired) electrons. The van der Waals surface area contributed by atoms with E-state index in [0.29, 0.717) is 21.2 Å². The highest BCUT2D eigenvalue weighted by Gasteiger charge is 2.35. The Balaban J connectivity index is 1.65. The van der Waals surface area contributed by atoms with E-state index in [9.17, 15) is 19.5 Å². The van der Waals surface area contributed by atoms with Crippen LogP contribution in [0.3, 0.4) is 0 Å². The smallest absolute Gasteiger partial charge is 0.335 e. The van der Waals surface area contributed by atoms with Crippen LogP contribution in [0.15, 0.2) is 60.2 Å². The zero-order chi connectivity index (χ0) is 27.6. The molecule has 194 valence electrons. The SMILES string of the molecule is COc1cc(C=C2C(=O)NC(=S)N(c3cccc(C(=O)O)c3)C2=O)cc(Cl)c1OCc1ccc(Cl)cc1Cl. The molecule has 0 aliphatic carbocycles. The average Bonchev–Trinajstić information content (AvgIpc) is 2.86. The molecule has 38 heavy (non-hydrogen) atoms. The number of carbonyl (C=O) groups is 3. The van der Waals surface area contributed by atoms with Gasteiger partial charge in [0.15, 0.2) is 16.6 Å². The van der Waals surface area contributed by atoms with Crippen molar-refractivity contribution in [2.24, 2.45) is 0 Å². The number of thiocarbonyl (C=S) groups is 1. The number of carboxylic acids is 1. The van der Waals surface area contributed by atoms with Crippen molar-refractivity contribution in [3.8, 4) is 11.5 Å². The van der Waals surface area contributed by atoms with Gasteiger partial charge in [0.1, 0.15) is 12.2 Å². The van der Waals surface area contributed by atoms with E-state index in [4.69, 9.17) is 56.5 Å². The summed E-state index contributed by atoms with van der Waals surface area (Å²) in [6, 6.07) is 13.7. The zero-order valence-electron chi connectivity index (χ0n) is 19.5. The van der Waals surface area contributed by atoms with Crippen LogP contribution in [0.1, 0.15) is 21.5 Å². The van der Waals surface area contributed by atoms with E-state index in [0.717, 1.165) is 4.90 Å². The Hall–Kier alpha value is -3.63. The molecule has 1 aliphatic rings. The van der Waals surface area contributed by atoms with Crippen LogP contribution < -0.4 is 19.7 Å². The van der Waals surface area contributed by atoms with E-state index in [2.05, 4.69) is 5.32 Å². The van der Waals surface area contributed by atoms with Crippen molar-refractivity contribution in [1.82, 2.24) is 5.32 Å². The Kier molecular flexibility index (Phi) is 8.23. The number of nitrogens with one attached hydrogen (secondary N) is 1. The van der Waals surface area contributed by atoms with Gasteiger partial charge in [0.25, 0.3) is 11.8 Å². The van der Waals surface area contributed by atoms with Crippen molar-refractivity contribution in [2.75, 3.05) is 12.0 Å². The highest BCUT2D eigenvalue weighted by atomic mass is 35.5. The number of rotatable bonds is 7. The summed E-state index contributed by atoms with van der Waals surface area (Å²) in [5.41, 5.74) is 0.930. The minimum atomic E-state index is -1.18. The first-order valence-corrected chi connectivity index (χ1v) is 12.3. The lowest BCUT2D eigenvalue weighted by Crippen LogP contribution is -2.54. The van der Waals surface area contributed by atoms with E-state index in [1.807, 2.05) is 0 Å². The molecule has 0 bridgehead atoms. The number of halogens is 3. The number of benzene rings is 3. The molecule has 4 rings (SSSR count). The molecular formula is C26H17Cl3N2O6S. The summed E-state index contributed by atoms with van der Waals surface area (Å²) in [4.78, 5) is 38.4. The van der Waals surface area contributed by atoms with Crippen LogP contribution in [0.4, 0.5) is 5.69 Å². The lowest BCUT2D eigenvalue weighted by atomic mass is 10.1. The van der Waals surface area contributed by atoms with Gasteiger partial charge < -0.3 is 14.6 Å². The maximum Gasteiger partial charge on any atom is 0.335 e. The second-order valence-corrected chi connectivity index (χ2v) is 9.51. The van der Waals surface area contributed by atoms with Crippen LogP contribution in [-0.2, 0) is 16.2 Å². The number of hydrogen-bond acceptors (Lipinski definition) is 6. The van der Waals surface area contributed by atoms with E-state index in [1.54, 1.807) is 24.3 Å². The number of hydrogen-bond donors (Lipinski definition) is 2. The monoisotopic (exact) mass is 590 g/mol. The molecular weight excluding hydrogens is 575 g/mol. The second-order valence-electron chi connectivity index (χ2n) is 7.87. The molecule has 12 heteroatoms. The number of methoxy groups -OCH3 is 1. The van der Waals surface area contributed by atoms with Gasteiger partial charge in [-0.05, 0) is 66.3 Å². The standard InChI is InChI=1S/C26H17Cl3N2O6S/c1-36-21-9-13(8-20(29)22(21)37-12-15-5-6-16(27)11-19(15)28)7-18-23(32)30-26(38)31(24(18)33)17-4-2-3-14(10-17)25(34)35/h2-11H,12H2,1H3,(H,34,35)(H,30,32,38). The maximum absolute atomic E-state index is 13.3. The Bertz CT molecular complexity index is 1520. The van der Waals surface area contributed by atoms with E-state index < -0.39 is 17.8 Å². The molecule has 1 aliphatic heterocycles. The number of carboxylic acid groups (broad SMARTS) is 1. The Labute approximate surface area is 237 Å². The number of aromatic carboxylic acids is 1. The quantitative estimate of drug-likeness (QED) is 0.204. The van der Waals surface area contributed by atoms with Crippen molar-refractivity contribution in [2.45, 2.75) is 6.61 Å². The molecule has 0 spiro atoms. The van der Waals surface area contributed by atoms with Gasteiger partial charge in [-0.15, -0.1) is 0 Å². The molecule has 8 nitrogen and oxygen atoms in total. The lowest BCUT2D eigenvalue weighted by molar-refractivity contribution is -0.122. The van der Waals surface area contributed by atoms with E-state index in [-0.39, 0.29) is 45.1 Å². The van der Waals surface area contributed by atoms with Crippen molar-refractivity contribution >= 4 is 81.7 Å². The van der Waals surface area contributed by atoms with Gasteiger partial charge in [0.05, 0.1) is 23.4 Å². The average molecular weight is 592 g/mol. The third-order valence-electron chi connectivity index (χ3n) is 5.40. The molecule has 0 aromatic heterocycles. The Morgan fingerprint density at radius 1 is 1.08 bits per heavy atom. The van der Waals surface area contributed by atoms with Gasteiger partial charge in [0.2, 0.25) is 0 Å². The Morgan fingerprint density at radius 2 is 1.84 bits per heavy atom. The number of carbonyl (C=O) groups excluding carboxylic acids is 2. The fraction of sp³-hybridized carbons (Fsp3) is 0.0769. The van der Waals surface area contributed by atoms with Gasteiger partial charge in [-0.3, -0.25) is 19.8 Å². The summed E-state index contributed by atoms with van der Waals surface area (Å²) in [6.45, 7) is 0.0786. The first-order chi connectivity index (χ1) is 18.1. The second kappa shape index (κ2) is 11.4. The van der Waals surface area contributed by atoms with Gasteiger partial charge in [0, 0.05) is 15.6 Å². The summed E-state index contributed by atoms with van der Waals surface area (Å²) in [7, 11) is 1.42. The summed E-state index contributed by atoms with van der Waals surface area (Å²) in [5, 5.41) is 12.6. The van der Waals surface area contributed by atoms with Gasteiger partial charge in [-0.2, -0.15) is 0 Å². The normalized spacial score (nSPS) is 14.5. The van der Waals surface area contributed by atoms with Gasteiger partial charge in [-0.1, -0.05) is 46.9 Å². The predicted molar refractivity (Wildman–Crippen MR) is 148 cm³/mol. The fourth-order valence-corrected chi connectivity index (χ4v) is 4.61. The number of anilines is 1. The van der Waals surface area contributed by atoms with Crippen LogP contribution in [0.25, 0.3) is 6.08 Å². The lowest BCUT2D eigenvalue weighted by Gasteiger charge is -2.29. The molecule has 2 amide bonds. The van der Waals surface area contributed by atoms with Crippen molar-refractivity contribution in [1.29, 1.82) is 0 Å². The number of amides is 2. The number of ether oxygens (including phenoxy) is 2. The molecule has 1 saturated heterocycles. The molecule has 3 aromatic rings. The predicted octanol–water partition coefficient (Wildman–Crippen LogP) is 5.76. The van der Waals surface area contributed by atoms with Crippen LogP contribution >= 0.6 is 47.0 Å². The zero-order valence-corrected chi connectivity index (χ0v) is 22.5. The van der Waals surface area contributed by atoms with Crippen LogP contribution in [0, 0.1) is 0 Å². The van der Waals surface area contributed by atoms with Crippen molar-refractivity contribution in [3.05, 3.63) is 91.9 Å². The molecule has 0 saturated carbocycles. The molecule has 3 aromatic carbocycles. The van der Waals surface area contributed by atoms with Crippen LogP contribution in [-0.4, -0.2) is 35.1 Å². The fourth-order valence-electron chi connectivity index (χ4n) is 3.59. The summed E-state index contributed by atoms with van der Waals surface area (Å²) in [5.74, 6) is -2.16. The van der Waals surface area contributed by atoms with Gasteiger partial charge >= 0.3 is 5.97 Å². The minimum Gasteiger partial charge on any atom is -0.493 e. The van der Waals surface area contributed by atoms with E-state index >= 15 is 0 Å². The van der Waals surface area contributed by atoms with Crippen LogP contribution in [0.5, 0.6) is 11.5 Å². The molecule has 2 N–H and O–H groups in total. The van der Waals surface area contributed by atoms with Gasteiger partial charge in [-0.25, -0.2) is 4.79 Å². The largest absolute Gasteiger partial charge is 0.493 e. The minimum absolute atomic E-state index is 0.0486. The molecule has 1 fully saturated rings. The summed E-state index contributed by atoms with van der Waals surface area (Å²) >= 11 is 23.8. The Morgan fingerprint density at radius 3 is 2.53 bits per heavy atom. The third kappa shape index (κ3) is 5.76. The topological polar surface area (TPSA) is 105 Å². The molecule has 1 heterocycles. The molecule has 0 unspecified atom stereocenters. The first kappa shape index (κ1) is 27.4. The van der Waals surface area contributed by atoms with E-state index in [1.165, 1.54) is 43.5 Å². The number of nitrogens with zero attached hydrogens (tertiary/aromatic N) is 1. The summed E-state index contributed by atoms with van der Waals surface area (Å²) in [6.07, 6.45) is 1.32.